The molecule has 78 valence electrons. The average Bonchev–Trinajstić information content (AvgIpc) is 2.20. The van der Waals surface area contributed by atoms with E-state index in [0.717, 1.165) is 11.1 Å². The van der Waals surface area contributed by atoms with Gasteiger partial charge in [0.05, 0.1) is 6.21 Å². The lowest BCUT2D eigenvalue weighted by molar-refractivity contribution is -0.137. The average molecular weight is 205 g/mol. The Hall–Kier alpha value is -2.17. The summed E-state index contributed by atoms with van der Waals surface area (Å²) in [4.78, 5) is 21.0. The predicted octanol–water partition coefficient (Wildman–Crippen LogP) is -0.0696. The molecule has 1 rings (SSSR count). The Morgan fingerprint density at radius 3 is 2.47 bits per heavy atom. The van der Waals surface area contributed by atoms with Gasteiger partial charge in [-0.2, -0.15) is 5.10 Å². The van der Waals surface area contributed by atoms with Crippen LogP contribution in [0.2, 0.25) is 0 Å². The van der Waals surface area contributed by atoms with E-state index >= 15 is 0 Å². The van der Waals surface area contributed by atoms with Gasteiger partial charge < -0.3 is 5.73 Å². The molecule has 5 nitrogen and oxygen atoms in total. The molecule has 0 fully saturated rings. The van der Waals surface area contributed by atoms with E-state index in [0.29, 0.717) is 0 Å². The lowest BCUT2D eigenvalue weighted by Crippen LogP contribution is -2.32. The van der Waals surface area contributed by atoms with Crippen LogP contribution in [0.25, 0.3) is 0 Å². The SMILES string of the molecule is Cc1ccc(C=NNC(=O)C(N)=O)cc1. The topological polar surface area (TPSA) is 84.6 Å². The van der Waals surface area contributed by atoms with Crippen molar-refractivity contribution in [1.82, 2.24) is 5.43 Å². The minimum atomic E-state index is -1.06. The first-order chi connectivity index (χ1) is 7.09. The van der Waals surface area contributed by atoms with Crippen LogP contribution in [0.15, 0.2) is 29.4 Å². The summed E-state index contributed by atoms with van der Waals surface area (Å²) in [6.07, 6.45) is 1.43. The molecule has 0 radical (unpaired) electrons. The molecular weight excluding hydrogens is 194 g/mol. The highest BCUT2D eigenvalue weighted by molar-refractivity contribution is 6.34. The van der Waals surface area contributed by atoms with Crippen LogP contribution in [0.3, 0.4) is 0 Å². The summed E-state index contributed by atoms with van der Waals surface area (Å²) in [7, 11) is 0. The van der Waals surface area contributed by atoms with Crippen LogP contribution in [0.1, 0.15) is 11.1 Å². The molecular formula is C10H11N3O2. The number of carbonyl (C=O) groups is 2. The minimum absolute atomic E-state index is 0.824. The Balaban J connectivity index is 2.55. The van der Waals surface area contributed by atoms with Gasteiger partial charge in [-0.05, 0) is 12.5 Å². The number of hydrazone groups is 1. The number of hydrogen-bond acceptors (Lipinski definition) is 3. The second-order valence-corrected chi connectivity index (χ2v) is 2.97. The maximum absolute atomic E-state index is 10.7. The van der Waals surface area contributed by atoms with Gasteiger partial charge in [0.25, 0.3) is 0 Å². The van der Waals surface area contributed by atoms with Gasteiger partial charge in [0.2, 0.25) is 0 Å². The standard InChI is InChI=1S/C10H11N3O2/c1-7-2-4-8(5-3-7)6-12-13-10(15)9(11)14/h2-6H,1H3,(H2,11,14)(H,13,15). The van der Waals surface area contributed by atoms with Gasteiger partial charge >= 0.3 is 11.8 Å². The first kappa shape index (κ1) is 10.9. The van der Waals surface area contributed by atoms with Crippen molar-refractivity contribution in [2.75, 3.05) is 0 Å². The van der Waals surface area contributed by atoms with Crippen LogP contribution in [-0.2, 0) is 9.59 Å². The zero-order valence-corrected chi connectivity index (χ0v) is 8.23. The highest BCUT2D eigenvalue weighted by atomic mass is 16.2. The monoisotopic (exact) mass is 205 g/mol. The normalized spacial score (nSPS) is 10.2. The van der Waals surface area contributed by atoms with Crippen molar-refractivity contribution in [3.8, 4) is 0 Å². The molecule has 0 bridgehead atoms. The van der Waals surface area contributed by atoms with Gasteiger partial charge in [0.1, 0.15) is 0 Å². The molecule has 0 unspecified atom stereocenters. The van der Waals surface area contributed by atoms with Gasteiger partial charge in [0, 0.05) is 0 Å². The zero-order chi connectivity index (χ0) is 11.3. The van der Waals surface area contributed by atoms with Crippen molar-refractivity contribution in [2.24, 2.45) is 10.8 Å². The molecule has 15 heavy (non-hydrogen) atoms. The molecule has 0 aliphatic heterocycles. The summed E-state index contributed by atoms with van der Waals surface area (Å²) in [6, 6.07) is 7.51. The van der Waals surface area contributed by atoms with Crippen LogP contribution in [0.4, 0.5) is 0 Å². The van der Waals surface area contributed by atoms with Crippen molar-refractivity contribution in [3.05, 3.63) is 35.4 Å². The van der Waals surface area contributed by atoms with E-state index in [4.69, 9.17) is 5.73 Å². The number of rotatable bonds is 2. The molecule has 0 heterocycles. The summed E-state index contributed by atoms with van der Waals surface area (Å²) >= 11 is 0. The lowest BCUT2D eigenvalue weighted by Gasteiger charge is -1.95. The van der Waals surface area contributed by atoms with E-state index in [-0.39, 0.29) is 0 Å². The zero-order valence-electron chi connectivity index (χ0n) is 8.23. The third-order valence-electron chi connectivity index (χ3n) is 1.68. The van der Waals surface area contributed by atoms with E-state index in [2.05, 4.69) is 5.10 Å². The number of primary amides is 1. The van der Waals surface area contributed by atoms with Gasteiger partial charge in [-0.1, -0.05) is 29.8 Å². The molecule has 0 aliphatic rings. The minimum Gasteiger partial charge on any atom is -0.361 e. The molecule has 3 N–H and O–H groups in total. The molecule has 0 aliphatic carbocycles. The summed E-state index contributed by atoms with van der Waals surface area (Å²) < 4.78 is 0. The maximum Gasteiger partial charge on any atom is 0.329 e. The molecule has 1 aromatic carbocycles. The fourth-order valence-electron chi connectivity index (χ4n) is 0.873. The molecule has 0 atom stereocenters. The largest absolute Gasteiger partial charge is 0.361 e. The maximum atomic E-state index is 10.7. The Bertz CT molecular complexity index is 396. The molecule has 2 amide bonds. The van der Waals surface area contributed by atoms with E-state index in [1.807, 2.05) is 36.6 Å². The van der Waals surface area contributed by atoms with Crippen molar-refractivity contribution >= 4 is 18.0 Å². The van der Waals surface area contributed by atoms with Crippen molar-refractivity contribution in [1.29, 1.82) is 0 Å². The highest BCUT2D eigenvalue weighted by Gasteiger charge is 2.04. The third-order valence-corrected chi connectivity index (χ3v) is 1.68. The highest BCUT2D eigenvalue weighted by Crippen LogP contribution is 1.99. The number of hydrogen-bond donors (Lipinski definition) is 2. The summed E-state index contributed by atoms with van der Waals surface area (Å²) in [5, 5.41) is 3.57. The number of carbonyl (C=O) groups excluding carboxylic acids is 2. The quantitative estimate of drug-likeness (QED) is 0.402. The smallest absolute Gasteiger partial charge is 0.329 e. The summed E-state index contributed by atoms with van der Waals surface area (Å²) in [6.45, 7) is 1.97. The van der Waals surface area contributed by atoms with Gasteiger partial charge in [0.15, 0.2) is 0 Å². The van der Waals surface area contributed by atoms with Crippen LogP contribution < -0.4 is 11.2 Å². The Labute approximate surface area is 87.0 Å². The van der Waals surface area contributed by atoms with E-state index in [1.54, 1.807) is 0 Å². The predicted molar refractivity (Wildman–Crippen MR) is 56.1 cm³/mol. The fraction of sp³-hybridized carbons (Fsp3) is 0.100. The summed E-state index contributed by atoms with van der Waals surface area (Å²) in [5.41, 5.74) is 8.67. The second kappa shape index (κ2) is 4.90. The second-order valence-electron chi connectivity index (χ2n) is 2.97. The molecule has 0 spiro atoms. The Morgan fingerprint density at radius 1 is 1.33 bits per heavy atom. The third kappa shape index (κ3) is 3.60. The number of amides is 2. The number of nitrogens with zero attached hydrogens (tertiary/aromatic N) is 1. The Morgan fingerprint density at radius 2 is 1.93 bits per heavy atom. The fourth-order valence-corrected chi connectivity index (χ4v) is 0.873. The number of aryl methyl sites for hydroxylation is 1. The van der Waals surface area contributed by atoms with Crippen LogP contribution in [0.5, 0.6) is 0 Å². The van der Waals surface area contributed by atoms with Crippen LogP contribution in [-0.4, -0.2) is 18.0 Å². The molecule has 0 saturated carbocycles. The van der Waals surface area contributed by atoms with E-state index in [1.165, 1.54) is 6.21 Å². The molecule has 5 heteroatoms. The van der Waals surface area contributed by atoms with E-state index in [9.17, 15) is 9.59 Å². The van der Waals surface area contributed by atoms with Gasteiger partial charge in [-0.25, -0.2) is 5.43 Å². The van der Waals surface area contributed by atoms with E-state index < -0.39 is 11.8 Å². The van der Waals surface area contributed by atoms with Crippen LogP contribution >= 0.6 is 0 Å². The Kier molecular flexibility index (Phi) is 3.56. The van der Waals surface area contributed by atoms with Crippen molar-refractivity contribution < 1.29 is 9.59 Å². The number of benzene rings is 1. The molecule has 1 aromatic rings. The first-order valence-electron chi connectivity index (χ1n) is 4.29. The van der Waals surface area contributed by atoms with Crippen LogP contribution in [0, 0.1) is 6.92 Å². The van der Waals surface area contributed by atoms with Crippen molar-refractivity contribution in [2.45, 2.75) is 6.92 Å². The van der Waals surface area contributed by atoms with Gasteiger partial charge in [-0.3, -0.25) is 9.59 Å². The first-order valence-corrected chi connectivity index (χ1v) is 4.29. The molecule has 0 aromatic heterocycles. The van der Waals surface area contributed by atoms with Crippen molar-refractivity contribution in [3.63, 3.8) is 0 Å². The summed E-state index contributed by atoms with van der Waals surface area (Å²) in [5.74, 6) is -1.99. The number of nitrogens with one attached hydrogen (secondary N) is 1. The lowest BCUT2D eigenvalue weighted by atomic mass is 10.2. The molecule has 0 saturated heterocycles. The number of nitrogens with two attached hydrogens (primary N) is 1. The van der Waals surface area contributed by atoms with Gasteiger partial charge in [-0.15, -0.1) is 0 Å².